The minimum Gasteiger partial charge on any atom is -0.488 e. The zero-order valence-electron chi connectivity index (χ0n) is 13.8. The fourth-order valence-corrected chi connectivity index (χ4v) is 2.95. The number of aryl methyl sites for hydroxylation is 1. The Bertz CT molecular complexity index is 677. The molecule has 1 aromatic carbocycles. The Balaban J connectivity index is 1.53. The summed E-state index contributed by atoms with van der Waals surface area (Å²) >= 11 is 0. The first-order valence-electron chi connectivity index (χ1n) is 8.40. The number of rotatable bonds is 5. The van der Waals surface area contributed by atoms with E-state index < -0.39 is 6.10 Å². The predicted octanol–water partition coefficient (Wildman–Crippen LogP) is 3.45. The lowest BCUT2D eigenvalue weighted by Crippen LogP contribution is -2.34. The molecule has 2 N–H and O–H groups in total. The van der Waals surface area contributed by atoms with Crippen LogP contribution in [0.1, 0.15) is 37.2 Å². The molecule has 0 aliphatic heterocycles. The SMILES string of the molecule is Cc1ccc(CC(=O)Nc2ccc(O[C@@H]3CCCC[C@H]3O)cc2)o1. The molecular weight excluding hydrogens is 306 g/mol. The van der Waals surface area contributed by atoms with Crippen LogP contribution in [0.3, 0.4) is 0 Å². The van der Waals surface area contributed by atoms with Crippen LogP contribution in [0.2, 0.25) is 0 Å². The monoisotopic (exact) mass is 329 g/mol. The van der Waals surface area contributed by atoms with Crippen molar-refractivity contribution in [2.45, 2.75) is 51.2 Å². The highest BCUT2D eigenvalue weighted by molar-refractivity contribution is 5.91. The summed E-state index contributed by atoms with van der Waals surface area (Å²) in [4.78, 5) is 12.0. The second-order valence-corrected chi connectivity index (χ2v) is 6.27. The third-order valence-electron chi connectivity index (χ3n) is 4.22. The number of anilines is 1. The summed E-state index contributed by atoms with van der Waals surface area (Å²) in [5.74, 6) is 2.03. The summed E-state index contributed by atoms with van der Waals surface area (Å²) < 4.78 is 11.2. The lowest BCUT2D eigenvalue weighted by molar-refractivity contribution is -0.115. The Hall–Kier alpha value is -2.27. The van der Waals surface area contributed by atoms with Gasteiger partial charge in [-0.1, -0.05) is 6.42 Å². The summed E-state index contributed by atoms with van der Waals surface area (Å²) in [5.41, 5.74) is 0.708. The number of ether oxygens (including phenoxy) is 1. The molecule has 0 unspecified atom stereocenters. The van der Waals surface area contributed by atoms with Crippen molar-refractivity contribution in [3.63, 3.8) is 0 Å². The zero-order chi connectivity index (χ0) is 16.9. The van der Waals surface area contributed by atoms with E-state index in [9.17, 15) is 9.90 Å². The summed E-state index contributed by atoms with van der Waals surface area (Å²) in [6.45, 7) is 1.85. The van der Waals surface area contributed by atoms with Crippen molar-refractivity contribution in [1.82, 2.24) is 0 Å². The number of hydrogen-bond donors (Lipinski definition) is 2. The molecule has 2 aromatic rings. The first-order chi connectivity index (χ1) is 11.6. The number of aliphatic hydroxyl groups is 1. The number of amides is 1. The first-order valence-corrected chi connectivity index (χ1v) is 8.40. The quantitative estimate of drug-likeness (QED) is 0.881. The molecule has 1 heterocycles. The minimum atomic E-state index is -0.394. The summed E-state index contributed by atoms with van der Waals surface area (Å²) in [6.07, 6.45) is 3.49. The van der Waals surface area contributed by atoms with Gasteiger partial charge < -0.3 is 19.6 Å². The van der Waals surface area contributed by atoms with E-state index in [4.69, 9.17) is 9.15 Å². The molecule has 1 aromatic heterocycles. The van der Waals surface area contributed by atoms with E-state index in [-0.39, 0.29) is 18.4 Å². The van der Waals surface area contributed by atoms with Crippen LogP contribution in [0, 0.1) is 6.92 Å². The van der Waals surface area contributed by atoms with Gasteiger partial charge >= 0.3 is 0 Å². The third-order valence-corrected chi connectivity index (χ3v) is 4.22. The molecule has 0 bridgehead atoms. The Labute approximate surface area is 141 Å². The molecule has 1 saturated carbocycles. The highest BCUT2D eigenvalue weighted by atomic mass is 16.5. The largest absolute Gasteiger partial charge is 0.488 e. The van der Waals surface area contributed by atoms with Crippen LogP contribution in [0.25, 0.3) is 0 Å². The smallest absolute Gasteiger partial charge is 0.231 e. The van der Waals surface area contributed by atoms with E-state index in [1.165, 1.54) is 0 Å². The second-order valence-electron chi connectivity index (χ2n) is 6.27. The van der Waals surface area contributed by atoms with Gasteiger partial charge in [-0.25, -0.2) is 0 Å². The molecule has 0 saturated heterocycles. The molecule has 5 heteroatoms. The van der Waals surface area contributed by atoms with Gasteiger partial charge in [0.05, 0.1) is 12.5 Å². The number of benzene rings is 1. The van der Waals surface area contributed by atoms with Gasteiger partial charge in [0, 0.05) is 5.69 Å². The van der Waals surface area contributed by atoms with Gasteiger partial charge in [0.1, 0.15) is 23.4 Å². The predicted molar refractivity (Wildman–Crippen MR) is 91.1 cm³/mol. The maximum Gasteiger partial charge on any atom is 0.231 e. The summed E-state index contributed by atoms with van der Waals surface area (Å²) in [6, 6.07) is 10.9. The highest BCUT2D eigenvalue weighted by Gasteiger charge is 2.24. The molecule has 0 spiro atoms. The molecular formula is C19H23NO4. The van der Waals surface area contributed by atoms with Gasteiger partial charge in [-0.15, -0.1) is 0 Å². The molecule has 1 aliphatic carbocycles. The number of carbonyl (C=O) groups excluding carboxylic acids is 1. The van der Waals surface area contributed by atoms with Crippen LogP contribution in [0.15, 0.2) is 40.8 Å². The van der Waals surface area contributed by atoms with E-state index in [2.05, 4.69) is 5.32 Å². The Kier molecular flexibility index (Phi) is 5.20. The molecule has 128 valence electrons. The number of carbonyl (C=O) groups is 1. The lowest BCUT2D eigenvalue weighted by Gasteiger charge is -2.28. The average Bonchev–Trinajstić information content (AvgIpc) is 2.96. The second kappa shape index (κ2) is 7.53. The number of hydrogen-bond acceptors (Lipinski definition) is 4. The van der Waals surface area contributed by atoms with E-state index in [1.807, 2.05) is 25.1 Å². The Morgan fingerprint density at radius 3 is 2.62 bits per heavy atom. The zero-order valence-corrected chi connectivity index (χ0v) is 13.8. The lowest BCUT2D eigenvalue weighted by atomic mass is 9.95. The fraction of sp³-hybridized carbons (Fsp3) is 0.421. The van der Waals surface area contributed by atoms with Crippen molar-refractivity contribution >= 4 is 11.6 Å². The van der Waals surface area contributed by atoms with Crippen molar-refractivity contribution in [1.29, 1.82) is 0 Å². The molecule has 1 aliphatic rings. The van der Waals surface area contributed by atoms with Gasteiger partial charge in [0.15, 0.2) is 0 Å². The van der Waals surface area contributed by atoms with Crippen molar-refractivity contribution in [3.05, 3.63) is 47.9 Å². The molecule has 5 nitrogen and oxygen atoms in total. The van der Waals surface area contributed by atoms with Crippen molar-refractivity contribution in [3.8, 4) is 5.75 Å². The van der Waals surface area contributed by atoms with E-state index in [0.717, 1.165) is 31.4 Å². The third kappa shape index (κ3) is 4.38. The van der Waals surface area contributed by atoms with Crippen LogP contribution in [-0.2, 0) is 11.2 Å². The highest BCUT2D eigenvalue weighted by Crippen LogP contribution is 2.25. The normalized spacial score (nSPS) is 20.6. The van der Waals surface area contributed by atoms with E-state index in [1.54, 1.807) is 18.2 Å². The van der Waals surface area contributed by atoms with E-state index in [0.29, 0.717) is 17.2 Å². The van der Waals surface area contributed by atoms with Crippen LogP contribution in [0.4, 0.5) is 5.69 Å². The molecule has 1 fully saturated rings. The first kappa shape index (κ1) is 16.6. The van der Waals surface area contributed by atoms with Gasteiger partial charge in [0.25, 0.3) is 0 Å². The number of furan rings is 1. The Morgan fingerprint density at radius 1 is 1.21 bits per heavy atom. The van der Waals surface area contributed by atoms with Crippen molar-refractivity contribution in [2.75, 3.05) is 5.32 Å². The molecule has 24 heavy (non-hydrogen) atoms. The van der Waals surface area contributed by atoms with Gasteiger partial charge in [-0.05, 0) is 62.6 Å². The minimum absolute atomic E-state index is 0.124. The molecule has 3 rings (SSSR count). The van der Waals surface area contributed by atoms with Crippen LogP contribution in [0.5, 0.6) is 5.75 Å². The maximum absolute atomic E-state index is 12.0. The van der Waals surface area contributed by atoms with Gasteiger partial charge in [0.2, 0.25) is 5.91 Å². The van der Waals surface area contributed by atoms with Gasteiger partial charge in [-0.3, -0.25) is 4.79 Å². The summed E-state index contributed by atoms with van der Waals surface area (Å²) in [5, 5.41) is 12.8. The summed E-state index contributed by atoms with van der Waals surface area (Å²) in [7, 11) is 0. The fourth-order valence-electron chi connectivity index (χ4n) is 2.95. The Morgan fingerprint density at radius 2 is 1.96 bits per heavy atom. The van der Waals surface area contributed by atoms with Crippen LogP contribution in [-0.4, -0.2) is 23.2 Å². The molecule has 1 amide bonds. The average molecular weight is 329 g/mol. The number of aliphatic hydroxyl groups excluding tert-OH is 1. The van der Waals surface area contributed by atoms with E-state index >= 15 is 0 Å². The van der Waals surface area contributed by atoms with Gasteiger partial charge in [-0.2, -0.15) is 0 Å². The van der Waals surface area contributed by atoms with Crippen LogP contribution >= 0.6 is 0 Å². The topological polar surface area (TPSA) is 71.7 Å². The maximum atomic E-state index is 12.0. The standard InChI is InChI=1S/C19H23NO4/c1-13-6-9-16(23-13)12-19(22)20-14-7-10-15(11-8-14)24-18-5-3-2-4-17(18)21/h6-11,17-18,21H,2-5,12H2,1H3,(H,20,22)/t17-,18-/m1/s1. The molecule has 2 atom stereocenters. The number of nitrogens with one attached hydrogen (secondary N) is 1. The van der Waals surface area contributed by atoms with Crippen molar-refractivity contribution < 1.29 is 19.1 Å². The molecule has 0 radical (unpaired) electrons. The van der Waals surface area contributed by atoms with Crippen LogP contribution < -0.4 is 10.1 Å². The van der Waals surface area contributed by atoms with Crippen molar-refractivity contribution in [2.24, 2.45) is 0 Å².